The van der Waals surface area contributed by atoms with Gasteiger partial charge in [-0.05, 0) is 32.4 Å². The second kappa shape index (κ2) is 5.65. The Morgan fingerprint density at radius 2 is 2.16 bits per heavy atom. The Labute approximate surface area is 117 Å². The van der Waals surface area contributed by atoms with Crippen molar-refractivity contribution in [1.82, 2.24) is 10.2 Å². The number of hydrogen-bond acceptors (Lipinski definition) is 3. The molecule has 0 aromatic heterocycles. The summed E-state index contributed by atoms with van der Waals surface area (Å²) in [4.78, 5) is 26.0. The lowest BCUT2D eigenvalue weighted by atomic mass is 10.2. The van der Waals surface area contributed by atoms with Gasteiger partial charge in [-0.3, -0.25) is 9.69 Å². The van der Waals surface area contributed by atoms with Crippen LogP contribution in [0.3, 0.4) is 0 Å². The zero-order chi connectivity index (χ0) is 14.0. The molecule has 1 fully saturated rings. The Morgan fingerprint density at radius 1 is 1.42 bits per heavy atom. The van der Waals surface area contributed by atoms with Gasteiger partial charge in [-0.25, -0.2) is 4.79 Å². The van der Waals surface area contributed by atoms with Crippen LogP contribution in [0.25, 0.3) is 0 Å². The van der Waals surface area contributed by atoms with E-state index in [0.29, 0.717) is 13.1 Å². The number of nitrogens with one attached hydrogen (secondary N) is 1. The van der Waals surface area contributed by atoms with Gasteiger partial charge in [-0.2, -0.15) is 0 Å². The fourth-order valence-corrected chi connectivity index (χ4v) is 3.07. The molecule has 1 saturated heterocycles. The SMILES string of the molecule is Cc1ccc(SC(C)C(=O)N2CCNC2=O)c(C)c1. The lowest BCUT2D eigenvalue weighted by molar-refractivity contribution is -0.126. The topological polar surface area (TPSA) is 49.4 Å². The number of benzene rings is 1. The molecule has 1 unspecified atom stereocenters. The van der Waals surface area contributed by atoms with Gasteiger partial charge in [0.15, 0.2) is 0 Å². The molecule has 1 atom stereocenters. The van der Waals surface area contributed by atoms with Crippen molar-refractivity contribution >= 4 is 23.7 Å². The third-order valence-electron chi connectivity index (χ3n) is 3.10. The van der Waals surface area contributed by atoms with Crippen molar-refractivity contribution in [2.24, 2.45) is 0 Å². The molecule has 0 aliphatic carbocycles. The minimum Gasteiger partial charge on any atom is -0.336 e. The summed E-state index contributed by atoms with van der Waals surface area (Å²) in [7, 11) is 0. The highest BCUT2D eigenvalue weighted by Gasteiger charge is 2.30. The molecule has 4 nitrogen and oxygen atoms in total. The second-order valence-electron chi connectivity index (χ2n) is 4.75. The zero-order valence-electron chi connectivity index (χ0n) is 11.4. The maximum absolute atomic E-state index is 12.2. The number of rotatable bonds is 3. The van der Waals surface area contributed by atoms with Gasteiger partial charge in [0.25, 0.3) is 0 Å². The van der Waals surface area contributed by atoms with Gasteiger partial charge in [0, 0.05) is 18.0 Å². The molecule has 1 N–H and O–H groups in total. The van der Waals surface area contributed by atoms with Crippen molar-refractivity contribution in [3.8, 4) is 0 Å². The number of urea groups is 1. The molecule has 19 heavy (non-hydrogen) atoms. The molecule has 2 rings (SSSR count). The Balaban J connectivity index is 2.06. The first-order valence-electron chi connectivity index (χ1n) is 6.32. The first-order valence-corrected chi connectivity index (χ1v) is 7.20. The standard InChI is InChI=1S/C14H18N2O2S/c1-9-4-5-12(10(2)8-9)19-11(3)13(17)16-7-6-15-14(16)18/h4-5,8,11H,6-7H2,1-3H3,(H,15,18). The number of carbonyl (C=O) groups excluding carboxylic acids is 2. The largest absolute Gasteiger partial charge is 0.336 e. The summed E-state index contributed by atoms with van der Waals surface area (Å²) in [6.45, 7) is 6.94. The van der Waals surface area contributed by atoms with Crippen molar-refractivity contribution in [1.29, 1.82) is 0 Å². The van der Waals surface area contributed by atoms with Gasteiger partial charge in [0.05, 0.1) is 5.25 Å². The number of nitrogens with zero attached hydrogens (tertiary/aromatic N) is 1. The van der Waals surface area contributed by atoms with E-state index in [2.05, 4.69) is 11.4 Å². The van der Waals surface area contributed by atoms with Crippen molar-refractivity contribution in [2.45, 2.75) is 30.9 Å². The number of hydrogen-bond donors (Lipinski definition) is 1. The number of thioether (sulfide) groups is 1. The van der Waals surface area contributed by atoms with Crippen LogP contribution in [-0.4, -0.2) is 35.2 Å². The molecule has 1 heterocycles. The Bertz CT molecular complexity index is 516. The smallest absolute Gasteiger partial charge is 0.324 e. The lowest BCUT2D eigenvalue weighted by Crippen LogP contribution is -2.38. The molecule has 0 spiro atoms. The highest BCUT2D eigenvalue weighted by atomic mass is 32.2. The fourth-order valence-electron chi connectivity index (χ4n) is 2.07. The summed E-state index contributed by atoms with van der Waals surface area (Å²) in [6, 6.07) is 5.89. The first-order chi connectivity index (χ1) is 8.99. The second-order valence-corrected chi connectivity index (χ2v) is 6.13. The third-order valence-corrected chi connectivity index (χ3v) is 4.37. The van der Waals surface area contributed by atoms with Gasteiger partial charge < -0.3 is 5.32 Å². The highest BCUT2D eigenvalue weighted by Crippen LogP contribution is 2.28. The van der Waals surface area contributed by atoms with E-state index in [1.54, 1.807) is 0 Å². The zero-order valence-corrected chi connectivity index (χ0v) is 12.2. The predicted molar refractivity (Wildman–Crippen MR) is 76.3 cm³/mol. The van der Waals surface area contributed by atoms with Crippen molar-refractivity contribution in [3.63, 3.8) is 0 Å². The van der Waals surface area contributed by atoms with Crippen molar-refractivity contribution in [2.75, 3.05) is 13.1 Å². The van der Waals surface area contributed by atoms with Crippen LogP contribution < -0.4 is 5.32 Å². The van der Waals surface area contributed by atoms with E-state index >= 15 is 0 Å². The van der Waals surface area contributed by atoms with Crippen LogP contribution in [0.5, 0.6) is 0 Å². The van der Waals surface area contributed by atoms with E-state index in [9.17, 15) is 9.59 Å². The van der Waals surface area contributed by atoms with E-state index in [1.165, 1.54) is 22.2 Å². The molecule has 5 heteroatoms. The van der Waals surface area contributed by atoms with Crippen LogP contribution in [-0.2, 0) is 4.79 Å². The fraction of sp³-hybridized carbons (Fsp3) is 0.429. The summed E-state index contributed by atoms with van der Waals surface area (Å²) >= 11 is 1.50. The molecular formula is C14H18N2O2S. The van der Waals surface area contributed by atoms with E-state index < -0.39 is 0 Å². The Kier molecular flexibility index (Phi) is 4.14. The molecular weight excluding hydrogens is 260 g/mol. The summed E-state index contributed by atoms with van der Waals surface area (Å²) in [5.41, 5.74) is 2.37. The summed E-state index contributed by atoms with van der Waals surface area (Å²) in [6.07, 6.45) is 0. The third kappa shape index (κ3) is 3.10. The molecule has 1 aliphatic heterocycles. The minimum atomic E-state index is -0.280. The minimum absolute atomic E-state index is 0.125. The summed E-state index contributed by atoms with van der Waals surface area (Å²) < 4.78 is 0. The number of imide groups is 1. The number of aryl methyl sites for hydroxylation is 2. The molecule has 0 radical (unpaired) electrons. The average molecular weight is 278 g/mol. The van der Waals surface area contributed by atoms with E-state index in [0.717, 1.165) is 10.5 Å². The van der Waals surface area contributed by atoms with Crippen LogP contribution in [0, 0.1) is 13.8 Å². The average Bonchev–Trinajstić information content (AvgIpc) is 2.78. The van der Waals surface area contributed by atoms with Crippen LogP contribution in [0.15, 0.2) is 23.1 Å². The van der Waals surface area contributed by atoms with Crippen LogP contribution in [0.4, 0.5) is 4.79 Å². The maximum Gasteiger partial charge on any atom is 0.324 e. The van der Waals surface area contributed by atoms with Gasteiger partial charge in [-0.15, -0.1) is 11.8 Å². The lowest BCUT2D eigenvalue weighted by Gasteiger charge is -2.18. The van der Waals surface area contributed by atoms with Gasteiger partial charge >= 0.3 is 6.03 Å². The highest BCUT2D eigenvalue weighted by molar-refractivity contribution is 8.00. The molecule has 1 aliphatic rings. The van der Waals surface area contributed by atoms with Crippen LogP contribution in [0.1, 0.15) is 18.1 Å². The van der Waals surface area contributed by atoms with Crippen LogP contribution in [0.2, 0.25) is 0 Å². The van der Waals surface area contributed by atoms with Crippen molar-refractivity contribution in [3.05, 3.63) is 29.3 Å². The predicted octanol–water partition coefficient (Wildman–Crippen LogP) is 2.34. The Hall–Kier alpha value is -1.49. The first kappa shape index (κ1) is 13.9. The summed E-state index contributed by atoms with van der Waals surface area (Å²) in [5.74, 6) is -0.125. The maximum atomic E-state index is 12.2. The van der Waals surface area contributed by atoms with E-state index in [1.807, 2.05) is 32.9 Å². The van der Waals surface area contributed by atoms with E-state index in [-0.39, 0.29) is 17.2 Å². The Morgan fingerprint density at radius 3 is 2.74 bits per heavy atom. The van der Waals surface area contributed by atoms with Crippen LogP contribution >= 0.6 is 11.8 Å². The molecule has 102 valence electrons. The molecule has 3 amide bonds. The number of amides is 3. The monoisotopic (exact) mass is 278 g/mol. The molecule has 0 bridgehead atoms. The molecule has 1 aromatic rings. The van der Waals surface area contributed by atoms with Crippen molar-refractivity contribution < 1.29 is 9.59 Å². The summed E-state index contributed by atoms with van der Waals surface area (Å²) in [5, 5.41) is 2.39. The van der Waals surface area contributed by atoms with Gasteiger partial charge in [0.2, 0.25) is 5.91 Å². The van der Waals surface area contributed by atoms with Gasteiger partial charge in [-0.1, -0.05) is 17.7 Å². The number of carbonyl (C=O) groups is 2. The van der Waals surface area contributed by atoms with E-state index in [4.69, 9.17) is 0 Å². The normalized spacial score (nSPS) is 16.4. The van der Waals surface area contributed by atoms with Gasteiger partial charge in [0.1, 0.15) is 0 Å². The quantitative estimate of drug-likeness (QED) is 0.863. The molecule has 1 aromatic carbocycles. The molecule has 0 saturated carbocycles.